The van der Waals surface area contributed by atoms with Gasteiger partial charge in [-0.25, -0.2) is 4.98 Å². The number of carbonyl (C=O) groups is 1. The summed E-state index contributed by atoms with van der Waals surface area (Å²) in [7, 11) is 1.56. The van der Waals surface area contributed by atoms with Gasteiger partial charge in [-0.2, -0.15) is 5.26 Å². The van der Waals surface area contributed by atoms with E-state index in [1.54, 1.807) is 31.5 Å². The molecular formula is C27H28ClN3O3S. The molecule has 0 unspecified atom stereocenters. The van der Waals surface area contributed by atoms with Crippen LogP contribution in [0.4, 0.5) is 5.13 Å². The minimum Gasteiger partial charge on any atom is -0.493 e. The molecule has 2 aromatic carbocycles. The van der Waals surface area contributed by atoms with Gasteiger partial charge in [0.05, 0.1) is 13.7 Å². The van der Waals surface area contributed by atoms with Gasteiger partial charge in [0.2, 0.25) is 0 Å². The molecule has 0 aliphatic carbocycles. The third-order valence-corrected chi connectivity index (χ3v) is 6.50. The van der Waals surface area contributed by atoms with E-state index in [9.17, 15) is 10.1 Å². The molecule has 0 radical (unpaired) electrons. The number of carbonyl (C=O) groups excluding carboxylic acids is 1. The maximum absolute atomic E-state index is 12.7. The van der Waals surface area contributed by atoms with E-state index in [0.29, 0.717) is 40.2 Å². The number of unbranched alkanes of at least 4 members (excludes halogenated alkanes) is 3. The number of anilines is 1. The standard InChI is InChI=1S/C27H28ClN3O3S/c1-3-4-5-8-13-34-24-12-11-19(15-25(24)33-2)14-21(17-29)26(32)31-27-30-18-22(35-27)16-20-9-6-7-10-23(20)28/h6-7,9-12,14-15,18H,3-5,8,13,16H2,1-2H3,(H,30,31,32)/b21-14+. The van der Waals surface area contributed by atoms with Crippen LogP contribution in [0.25, 0.3) is 6.08 Å². The number of methoxy groups -OCH3 is 1. The number of aromatic nitrogens is 1. The van der Waals surface area contributed by atoms with Gasteiger partial charge in [-0.15, -0.1) is 11.3 Å². The molecule has 8 heteroatoms. The number of hydrogen-bond donors (Lipinski definition) is 1. The predicted molar refractivity (Wildman–Crippen MR) is 141 cm³/mol. The Labute approximate surface area is 215 Å². The van der Waals surface area contributed by atoms with Crippen LogP contribution < -0.4 is 14.8 Å². The Kier molecular flexibility index (Phi) is 10.1. The first-order chi connectivity index (χ1) is 17.0. The fourth-order valence-corrected chi connectivity index (χ4v) is 4.39. The molecule has 0 saturated heterocycles. The number of amides is 1. The van der Waals surface area contributed by atoms with E-state index >= 15 is 0 Å². The molecule has 0 aliphatic heterocycles. The monoisotopic (exact) mass is 509 g/mol. The van der Waals surface area contributed by atoms with Gasteiger partial charge in [0.25, 0.3) is 5.91 Å². The van der Waals surface area contributed by atoms with Gasteiger partial charge in [-0.3, -0.25) is 10.1 Å². The predicted octanol–water partition coefficient (Wildman–Crippen LogP) is 6.90. The van der Waals surface area contributed by atoms with Crippen LogP contribution in [-0.4, -0.2) is 24.6 Å². The summed E-state index contributed by atoms with van der Waals surface area (Å²) in [6.45, 7) is 2.78. The van der Waals surface area contributed by atoms with E-state index in [1.165, 1.54) is 30.3 Å². The molecule has 0 atom stereocenters. The Hall–Kier alpha value is -3.34. The Balaban J connectivity index is 1.65. The number of nitrogens with one attached hydrogen (secondary N) is 1. The molecule has 0 spiro atoms. The number of halogens is 1. The minimum atomic E-state index is -0.527. The summed E-state index contributed by atoms with van der Waals surface area (Å²) < 4.78 is 11.3. The van der Waals surface area contributed by atoms with Gasteiger partial charge < -0.3 is 9.47 Å². The van der Waals surface area contributed by atoms with Crippen LogP contribution in [0, 0.1) is 11.3 Å². The molecule has 0 fully saturated rings. The van der Waals surface area contributed by atoms with Crippen LogP contribution in [0.1, 0.15) is 48.6 Å². The Morgan fingerprint density at radius 3 is 2.77 bits per heavy atom. The first kappa shape index (κ1) is 26.3. The highest BCUT2D eigenvalue weighted by atomic mass is 35.5. The highest BCUT2D eigenvalue weighted by molar-refractivity contribution is 7.15. The average molecular weight is 510 g/mol. The average Bonchev–Trinajstić information content (AvgIpc) is 3.30. The van der Waals surface area contributed by atoms with E-state index < -0.39 is 5.91 Å². The molecule has 1 N–H and O–H groups in total. The van der Waals surface area contributed by atoms with Gasteiger partial charge >= 0.3 is 0 Å². The molecular weight excluding hydrogens is 482 g/mol. The molecule has 1 amide bonds. The highest BCUT2D eigenvalue weighted by Crippen LogP contribution is 2.30. The van der Waals surface area contributed by atoms with E-state index in [1.807, 2.05) is 30.3 Å². The molecule has 3 rings (SSSR count). The maximum Gasteiger partial charge on any atom is 0.268 e. The lowest BCUT2D eigenvalue weighted by molar-refractivity contribution is -0.112. The summed E-state index contributed by atoms with van der Waals surface area (Å²) in [4.78, 5) is 17.9. The van der Waals surface area contributed by atoms with Gasteiger partial charge in [-0.1, -0.05) is 62.1 Å². The lowest BCUT2D eigenvalue weighted by Gasteiger charge is -2.11. The van der Waals surface area contributed by atoms with E-state index in [2.05, 4.69) is 17.2 Å². The minimum absolute atomic E-state index is 0.0388. The van der Waals surface area contributed by atoms with E-state index in [0.717, 1.165) is 23.3 Å². The third-order valence-electron chi connectivity index (χ3n) is 5.22. The first-order valence-corrected chi connectivity index (χ1v) is 12.7. The molecule has 182 valence electrons. The number of thiazole rings is 1. The number of nitriles is 1. The topological polar surface area (TPSA) is 84.2 Å². The van der Waals surface area contributed by atoms with Crippen molar-refractivity contribution in [3.63, 3.8) is 0 Å². The number of hydrogen-bond acceptors (Lipinski definition) is 6. The lowest BCUT2D eigenvalue weighted by Crippen LogP contribution is -2.13. The smallest absolute Gasteiger partial charge is 0.268 e. The normalized spacial score (nSPS) is 11.1. The second kappa shape index (κ2) is 13.5. The van der Waals surface area contributed by atoms with Gasteiger partial charge in [0.1, 0.15) is 11.6 Å². The van der Waals surface area contributed by atoms with E-state index in [-0.39, 0.29) is 5.57 Å². The number of nitrogens with zero attached hydrogens (tertiary/aromatic N) is 2. The van der Waals surface area contributed by atoms with Crippen molar-refractivity contribution >= 4 is 40.1 Å². The largest absolute Gasteiger partial charge is 0.493 e. The van der Waals surface area contributed by atoms with Crippen LogP contribution in [0.15, 0.2) is 54.2 Å². The van der Waals surface area contributed by atoms with Crippen LogP contribution in [0.5, 0.6) is 11.5 Å². The van der Waals surface area contributed by atoms with E-state index in [4.69, 9.17) is 21.1 Å². The van der Waals surface area contributed by atoms with Crippen LogP contribution in [0.2, 0.25) is 5.02 Å². The zero-order valence-electron chi connectivity index (χ0n) is 19.8. The number of rotatable bonds is 12. The molecule has 0 bridgehead atoms. The van der Waals surface area contributed by atoms with Crippen LogP contribution in [-0.2, 0) is 11.2 Å². The summed E-state index contributed by atoms with van der Waals surface area (Å²) in [5.41, 5.74) is 1.60. The summed E-state index contributed by atoms with van der Waals surface area (Å²) >= 11 is 7.58. The van der Waals surface area contributed by atoms with Gasteiger partial charge in [-0.05, 0) is 41.8 Å². The summed E-state index contributed by atoms with van der Waals surface area (Å²) in [6.07, 6.45) is 8.29. The first-order valence-electron chi connectivity index (χ1n) is 11.5. The maximum atomic E-state index is 12.7. The van der Waals surface area contributed by atoms with Crippen molar-refractivity contribution in [2.24, 2.45) is 0 Å². The van der Waals surface area contributed by atoms with Crippen molar-refractivity contribution in [2.75, 3.05) is 19.0 Å². The van der Waals surface area contributed by atoms with Crippen LogP contribution >= 0.6 is 22.9 Å². The fourth-order valence-electron chi connectivity index (χ4n) is 3.36. The Morgan fingerprint density at radius 1 is 1.20 bits per heavy atom. The quantitative estimate of drug-likeness (QED) is 0.163. The second-order valence-electron chi connectivity index (χ2n) is 7.84. The summed E-state index contributed by atoms with van der Waals surface area (Å²) in [5, 5.41) is 13.4. The number of benzene rings is 2. The van der Waals surface area contributed by atoms with Crippen molar-refractivity contribution in [1.29, 1.82) is 5.26 Å². The van der Waals surface area contributed by atoms with Crippen molar-refractivity contribution in [2.45, 2.75) is 39.0 Å². The van der Waals surface area contributed by atoms with Crippen LogP contribution in [0.3, 0.4) is 0 Å². The van der Waals surface area contributed by atoms with Crippen molar-refractivity contribution < 1.29 is 14.3 Å². The van der Waals surface area contributed by atoms with Gasteiger partial charge in [0, 0.05) is 22.5 Å². The molecule has 6 nitrogen and oxygen atoms in total. The lowest BCUT2D eigenvalue weighted by atomic mass is 10.1. The van der Waals surface area contributed by atoms with Crippen molar-refractivity contribution in [1.82, 2.24) is 4.98 Å². The Bertz CT molecular complexity index is 1220. The molecule has 1 heterocycles. The zero-order chi connectivity index (χ0) is 25.0. The summed E-state index contributed by atoms with van der Waals surface area (Å²) in [5.74, 6) is 0.662. The third kappa shape index (κ3) is 7.84. The second-order valence-corrected chi connectivity index (χ2v) is 9.37. The highest BCUT2D eigenvalue weighted by Gasteiger charge is 2.14. The number of ether oxygens (including phenoxy) is 2. The van der Waals surface area contributed by atoms with Crippen molar-refractivity contribution in [3.05, 3.63) is 75.3 Å². The zero-order valence-corrected chi connectivity index (χ0v) is 21.4. The Morgan fingerprint density at radius 2 is 2.03 bits per heavy atom. The molecule has 0 saturated carbocycles. The fraction of sp³-hybridized carbons (Fsp3) is 0.296. The molecule has 1 aromatic heterocycles. The van der Waals surface area contributed by atoms with Gasteiger partial charge in [0.15, 0.2) is 16.6 Å². The molecule has 3 aromatic rings. The molecule has 35 heavy (non-hydrogen) atoms. The van der Waals surface area contributed by atoms with Crippen molar-refractivity contribution in [3.8, 4) is 17.6 Å². The SMILES string of the molecule is CCCCCCOc1ccc(/C=C(\C#N)C(=O)Nc2ncc(Cc3ccccc3Cl)s2)cc1OC. The molecule has 0 aliphatic rings. The summed E-state index contributed by atoms with van der Waals surface area (Å²) in [6, 6.07) is 14.9.